The van der Waals surface area contributed by atoms with Gasteiger partial charge in [-0.2, -0.15) is 22.0 Å². The van der Waals surface area contributed by atoms with Crippen LogP contribution in [0.15, 0.2) is 66.7 Å². The Balaban J connectivity index is 1.28. The Morgan fingerprint density at radius 1 is 0.729 bits per heavy atom. The molecule has 0 aromatic heterocycles. The van der Waals surface area contributed by atoms with Gasteiger partial charge in [-0.05, 0) is 79.3 Å². The van der Waals surface area contributed by atoms with E-state index >= 15 is 0 Å². The highest BCUT2D eigenvalue weighted by Gasteiger charge is 2.38. The molecule has 0 radical (unpaired) electrons. The van der Waals surface area contributed by atoms with Crippen LogP contribution in [0.3, 0.4) is 0 Å². The number of nitrogen functional groups attached to an aromatic ring is 2. The number of rotatable bonds is 20. The molecule has 0 fully saturated rings. The molecule has 0 aliphatic heterocycles. The van der Waals surface area contributed by atoms with E-state index in [1.54, 1.807) is 6.07 Å². The Morgan fingerprint density at radius 3 is 2.02 bits per heavy atom. The van der Waals surface area contributed by atoms with Crippen molar-refractivity contribution in [3.8, 4) is 11.5 Å². The highest BCUT2D eigenvalue weighted by atomic mass is 19.4. The predicted octanol–water partition coefficient (Wildman–Crippen LogP) is 9.76. The van der Waals surface area contributed by atoms with Gasteiger partial charge in [-0.25, -0.2) is 9.18 Å². The van der Waals surface area contributed by atoms with Crippen LogP contribution in [0.1, 0.15) is 80.9 Å². The van der Waals surface area contributed by atoms with E-state index in [0.717, 1.165) is 81.2 Å². The molecule has 0 amide bonds. The Morgan fingerprint density at radius 2 is 1.38 bits per heavy atom. The highest BCUT2D eigenvalue weighted by molar-refractivity contribution is 5.87. The van der Waals surface area contributed by atoms with Gasteiger partial charge >= 0.3 is 18.3 Å². The quantitative estimate of drug-likeness (QED) is 0.0406. The van der Waals surface area contributed by atoms with E-state index in [4.69, 9.17) is 25.7 Å². The van der Waals surface area contributed by atoms with Crippen molar-refractivity contribution in [3.63, 3.8) is 0 Å². The predicted molar refractivity (Wildman–Crippen MR) is 174 cm³/mol. The number of halogens is 6. The minimum absolute atomic E-state index is 0.181. The van der Waals surface area contributed by atoms with Gasteiger partial charge in [0.2, 0.25) is 0 Å². The number of aryl methyl sites for hydroxylation is 1. The van der Waals surface area contributed by atoms with Gasteiger partial charge in [0.1, 0.15) is 22.9 Å². The van der Waals surface area contributed by atoms with Crippen LogP contribution in [0, 0.1) is 5.82 Å². The highest BCUT2D eigenvalue weighted by Crippen LogP contribution is 2.35. The first kappa shape index (κ1) is 38.1. The molecule has 0 unspecified atom stereocenters. The van der Waals surface area contributed by atoms with Crippen molar-refractivity contribution in [1.29, 1.82) is 0 Å². The molecular weight excluding hydrogens is 638 g/mol. The molecule has 0 bridgehead atoms. The standard InChI is InChI=1S/C36H42F6N2O4/c37-32-25-30(46-23-9-21-35(38,39)40)18-19-31(32)36(41,42)48-29-16-11-26(12-17-29)13-20-34(45)47-22-8-6-4-2-1-3-5-7-10-27-14-15-28(43)24-33(27)44/h11-20,24-25H,1-10,21-23,43-44H2/b20-13+. The first-order valence-corrected chi connectivity index (χ1v) is 16.0. The van der Waals surface area contributed by atoms with Gasteiger partial charge in [0.25, 0.3) is 0 Å². The van der Waals surface area contributed by atoms with Crippen LogP contribution in [-0.4, -0.2) is 25.4 Å². The van der Waals surface area contributed by atoms with E-state index in [0.29, 0.717) is 23.9 Å². The number of ether oxygens (including phenoxy) is 3. The van der Waals surface area contributed by atoms with E-state index in [1.165, 1.54) is 36.4 Å². The third-order valence-corrected chi connectivity index (χ3v) is 7.42. The summed E-state index contributed by atoms with van der Waals surface area (Å²) >= 11 is 0. The van der Waals surface area contributed by atoms with E-state index in [9.17, 15) is 31.1 Å². The Labute approximate surface area is 277 Å². The number of hydrogen-bond acceptors (Lipinski definition) is 6. The van der Waals surface area contributed by atoms with Crippen LogP contribution >= 0.6 is 0 Å². The number of carbonyl (C=O) groups excluding carboxylic acids is 1. The maximum absolute atomic E-state index is 14.7. The summed E-state index contributed by atoms with van der Waals surface area (Å²) in [6.07, 6.45) is 2.27. The fourth-order valence-corrected chi connectivity index (χ4v) is 4.84. The largest absolute Gasteiger partial charge is 0.493 e. The second-order valence-corrected chi connectivity index (χ2v) is 11.4. The van der Waals surface area contributed by atoms with Gasteiger partial charge in [-0.3, -0.25) is 0 Å². The zero-order chi connectivity index (χ0) is 35.0. The average molecular weight is 681 g/mol. The number of unbranched alkanes of at least 4 members (excludes halogenated alkanes) is 7. The molecule has 0 saturated carbocycles. The van der Waals surface area contributed by atoms with Crippen molar-refractivity contribution in [1.82, 2.24) is 0 Å². The molecule has 12 heteroatoms. The molecule has 3 aromatic carbocycles. The topological polar surface area (TPSA) is 96.8 Å². The smallest absolute Gasteiger partial charge is 0.429 e. The molecule has 3 rings (SSSR count). The Hall–Kier alpha value is -4.35. The van der Waals surface area contributed by atoms with Crippen LogP contribution in [0.25, 0.3) is 6.08 Å². The fraction of sp³-hybridized carbons (Fsp3) is 0.417. The van der Waals surface area contributed by atoms with Gasteiger partial charge in [0.05, 0.1) is 13.2 Å². The number of benzene rings is 3. The molecule has 0 aliphatic carbocycles. The van der Waals surface area contributed by atoms with Crippen molar-refractivity contribution in [2.45, 2.75) is 82.9 Å². The van der Waals surface area contributed by atoms with Crippen LogP contribution in [0.2, 0.25) is 0 Å². The van der Waals surface area contributed by atoms with Gasteiger partial charge in [-0.1, -0.05) is 56.7 Å². The number of nitrogens with two attached hydrogens (primary N) is 2. The first-order chi connectivity index (χ1) is 22.8. The second kappa shape index (κ2) is 18.8. The van der Waals surface area contributed by atoms with E-state index in [-0.39, 0.29) is 24.5 Å². The lowest BCUT2D eigenvalue weighted by molar-refractivity contribution is -0.187. The van der Waals surface area contributed by atoms with Crippen molar-refractivity contribution in [2.24, 2.45) is 0 Å². The van der Waals surface area contributed by atoms with Crippen LogP contribution in [0.4, 0.5) is 37.7 Å². The molecule has 3 aromatic rings. The molecule has 0 aliphatic rings. The first-order valence-electron chi connectivity index (χ1n) is 16.0. The number of hydrogen-bond donors (Lipinski definition) is 2. The van der Waals surface area contributed by atoms with Gasteiger partial charge in [0, 0.05) is 29.9 Å². The zero-order valence-corrected chi connectivity index (χ0v) is 26.7. The second-order valence-electron chi connectivity index (χ2n) is 11.4. The molecule has 4 N–H and O–H groups in total. The molecule has 6 nitrogen and oxygen atoms in total. The van der Waals surface area contributed by atoms with E-state index in [2.05, 4.69) is 0 Å². The summed E-state index contributed by atoms with van der Waals surface area (Å²) in [4.78, 5) is 12.0. The maximum Gasteiger partial charge on any atom is 0.429 e. The Kier molecular flexibility index (Phi) is 15.0. The Bertz CT molecular complexity index is 1460. The molecule has 0 saturated heterocycles. The number of esters is 1. The third kappa shape index (κ3) is 14.2. The van der Waals surface area contributed by atoms with Crippen LogP contribution in [0.5, 0.6) is 11.5 Å². The molecule has 0 atom stereocenters. The van der Waals surface area contributed by atoms with Crippen LogP contribution < -0.4 is 20.9 Å². The lowest BCUT2D eigenvalue weighted by atomic mass is 10.0. The fourth-order valence-electron chi connectivity index (χ4n) is 4.84. The number of anilines is 2. The van der Waals surface area contributed by atoms with Crippen molar-refractivity contribution < 1.29 is 45.3 Å². The summed E-state index contributed by atoms with van der Waals surface area (Å²) in [5.74, 6) is -2.29. The van der Waals surface area contributed by atoms with Crippen LogP contribution in [-0.2, 0) is 22.1 Å². The molecular formula is C36H42F6N2O4. The molecule has 0 spiro atoms. The van der Waals surface area contributed by atoms with Crippen molar-refractivity contribution in [2.75, 3.05) is 24.7 Å². The summed E-state index contributed by atoms with van der Waals surface area (Å²) in [5.41, 5.74) is 13.8. The summed E-state index contributed by atoms with van der Waals surface area (Å²) in [6.45, 7) is -0.0502. The minimum atomic E-state index is -4.35. The van der Waals surface area contributed by atoms with Gasteiger partial charge in [0.15, 0.2) is 0 Å². The third-order valence-electron chi connectivity index (χ3n) is 7.42. The van der Waals surface area contributed by atoms with E-state index in [1.807, 2.05) is 12.1 Å². The molecule has 262 valence electrons. The molecule has 0 heterocycles. The van der Waals surface area contributed by atoms with Crippen molar-refractivity contribution >= 4 is 23.4 Å². The normalized spacial score (nSPS) is 12.0. The lowest BCUT2D eigenvalue weighted by Crippen LogP contribution is -2.23. The summed E-state index contributed by atoms with van der Waals surface area (Å²) in [6, 6.07) is 13.5. The van der Waals surface area contributed by atoms with E-state index < -0.39 is 36.1 Å². The van der Waals surface area contributed by atoms with Gasteiger partial charge in [-0.15, -0.1) is 0 Å². The average Bonchev–Trinajstić information content (AvgIpc) is 3.02. The monoisotopic (exact) mass is 680 g/mol. The SMILES string of the molecule is Nc1ccc(CCCCCCCCCCOC(=O)/C=C/c2ccc(OC(F)(F)c3ccc(OCCCC(F)(F)F)cc3F)cc2)c(N)c1. The van der Waals surface area contributed by atoms with Crippen molar-refractivity contribution in [3.05, 3.63) is 89.2 Å². The zero-order valence-electron chi connectivity index (χ0n) is 26.7. The minimum Gasteiger partial charge on any atom is -0.493 e. The molecule has 48 heavy (non-hydrogen) atoms. The number of carbonyl (C=O) groups is 1. The summed E-state index contributed by atoms with van der Waals surface area (Å²) in [5, 5.41) is 0. The number of alkyl halides is 5. The summed E-state index contributed by atoms with van der Waals surface area (Å²) < 4.78 is 95.3. The summed E-state index contributed by atoms with van der Waals surface area (Å²) in [7, 11) is 0. The maximum atomic E-state index is 14.7. The lowest BCUT2D eigenvalue weighted by Gasteiger charge is -2.19. The van der Waals surface area contributed by atoms with Gasteiger partial charge < -0.3 is 25.7 Å².